The van der Waals surface area contributed by atoms with Crippen LogP contribution in [-0.4, -0.2) is 24.9 Å². The molecule has 2 aliphatic rings. The molecule has 23 heavy (non-hydrogen) atoms. The number of rotatable bonds is 2. The molecule has 1 saturated heterocycles. The number of ketones is 1. The van der Waals surface area contributed by atoms with E-state index >= 15 is 0 Å². The minimum Gasteiger partial charge on any atom is -0.288 e. The summed E-state index contributed by atoms with van der Waals surface area (Å²) in [6.45, 7) is 0. The van der Waals surface area contributed by atoms with Gasteiger partial charge in [-0.1, -0.05) is 46.3 Å². The first-order valence-corrected chi connectivity index (χ1v) is 8.79. The zero-order valence-corrected chi connectivity index (χ0v) is 14.6. The first-order chi connectivity index (χ1) is 11.1. The largest absolute Gasteiger partial charge is 0.288 e. The molecule has 2 aliphatic heterocycles. The molecule has 0 spiro atoms. The van der Waals surface area contributed by atoms with Crippen molar-refractivity contribution in [3.8, 4) is 0 Å². The second-order valence-corrected chi connectivity index (χ2v) is 7.56. The van der Waals surface area contributed by atoms with E-state index in [9.17, 15) is 4.79 Å². The second kappa shape index (κ2) is 5.43. The second-order valence-electron chi connectivity index (χ2n) is 6.64. The molecule has 4 rings (SSSR count). The average Bonchev–Trinajstić information content (AvgIpc) is 2.75. The zero-order valence-electron chi connectivity index (χ0n) is 13.0. The molecule has 4 unspecified atom stereocenters. The van der Waals surface area contributed by atoms with Gasteiger partial charge in [0.2, 0.25) is 5.78 Å². The van der Waals surface area contributed by atoms with E-state index < -0.39 is 0 Å². The van der Waals surface area contributed by atoms with Gasteiger partial charge < -0.3 is 0 Å². The van der Waals surface area contributed by atoms with Gasteiger partial charge in [0, 0.05) is 16.8 Å². The van der Waals surface area contributed by atoms with Crippen molar-refractivity contribution in [1.29, 1.82) is 0 Å². The topological polar surface area (TPSA) is 17.1 Å². The Kier molecular flexibility index (Phi) is 3.51. The molecule has 4 atom stereocenters. The van der Waals surface area contributed by atoms with Crippen LogP contribution in [0.5, 0.6) is 0 Å². The van der Waals surface area contributed by atoms with Gasteiger partial charge in [-0.3, -0.25) is 9.28 Å². The van der Waals surface area contributed by atoms with Crippen molar-refractivity contribution in [3.63, 3.8) is 0 Å². The number of quaternary nitrogens is 1. The molecular weight excluding hydrogens is 350 g/mol. The van der Waals surface area contributed by atoms with Gasteiger partial charge in [-0.25, -0.2) is 0 Å². The first kappa shape index (κ1) is 14.9. The number of carbonyl (C=O) groups is 1. The smallest absolute Gasteiger partial charge is 0.213 e. The summed E-state index contributed by atoms with van der Waals surface area (Å²) < 4.78 is 1.78. The number of nitrogens with zero attached hydrogens (tertiary/aromatic N) is 1. The number of halogens is 1. The van der Waals surface area contributed by atoms with Gasteiger partial charge in [0.15, 0.2) is 6.04 Å². The van der Waals surface area contributed by atoms with Gasteiger partial charge in [-0.2, -0.15) is 0 Å². The summed E-state index contributed by atoms with van der Waals surface area (Å²) in [5.74, 6) is 0.633. The van der Waals surface area contributed by atoms with E-state index in [1.54, 1.807) is 6.08 Å². The first-order valence-electron chi connectivity index (χ1n) is 7.99. The van der Waals surface area contributed by atoms with Crippen LogP contribution in [0.4, 0.5) is 5.69 Å². The monoisotopic (exact) mass is 368 g/mol. The van der Waals surface area contributed by atoms with Gasteiger partial charge >= 0.3 is 0 Å². The molecule has 0 saturated carbocycles. The maximum Gasteiger partial charge on any atom is 0.213 e. The highest BCUT2D eigenvalue weighted by Gasteiger charge is 2.57. The maximum atomic E-state index is 12.6. The summed E-state index contributed by atoms with van der Waals surface area (Å²) in [5.41, 5.74) is 2.54. The predicted molar refractivity (Wildman–Crippen MR) is 97.4 cm³/mol. The van der Waals surface area contributed by atoms with Crippen LogP contribution in [0, 0.1) is 0 Å². The third-order valence-corrected chi connectivity index (χ3v) is 6.08. The fourth-order valence-corrected chi connectivity index (χ4v) is 4.59. The fraction of sp³-hybridized carbons (Fsp3) is 0.250. The highest BCUT2D eigenvalue weighted by atomic mass is 79.9. The molecule has 0 N–H and O–H groups in total. The Hall–Kier alpha value is -1.71. The Balaban J connectivity index is 1.81. The standard InChI is InChI=1S/C20H19BrNO/c1-22(16-5-3-2-4-6-16)18-11-12-20(23)19(22)13-17(18)14-7-9-15(21)10-8-14/h2-12,17-19H,13H2,1H3/q+1. The summed E-state index contributed by atoms with van der Waals surface area (Å²) >= 11 is 3.51. The van der Waals surface area contributed by atoms with Crippen LogP contribution in [0.3, 0.4) is 0 Å². The lowest BCUT2D eigenvalue weighted by Gasteiger charge is -2.41. The Morgan fingerprint density at radius 3 is 2.43 bits per heavy atom. The molecule has 0 radical (unpaired) electrons. The molecule has 116 valence electrons. The van der Waals surface area contributed by atoms with E-state index in [2.05, 4.69) is 77.6 Å². The number of carbonyl (C=O) groups excluding carboxylic acids is 1. The van der Waals surface area contributed by atoms with Crippen LogP contribution in [0.1, 0.15) is 17.9 Å². The molecular formula is C20H19BrNO+. The van der Waals surface area contributed by atoms with Crippen molar-refractivity contribution in [2.24, 2.45) is 0 Å². The van der Waals surface area contributed by atoms with E-state index in [1.807, 2.05) is 6.07 Å². The van der Waals surface area contributed by atoms with E-state index in [4.69, 9.17) is 0 Å². The number of benzene rings is 2. The van der Waals surface area contributed by atoms with Crippen LogP contribution < -0.4 is 4.48 Å². The number of fused-ring (bicyclic) bond motifs is 2. The highest BCUT2D eigenvalue weighted by Crippen LogP contribution is 2.48. The Morgan fingerprint density at radius 1 is 1.04 bits per heavy atom. The van der Waals surface area contributed by atoms with Crippen molar-refractivity contribution in [1.82, 2.24) is 4.48 Å². The molecule has 2 heterocycles. The summed E-state index contributed by atoms with van der Waals surface area (Å²) in [6.07, 6.45) is 4.84. The van der Waals surface area contributed by atoms with E-state index in [-0.39, 0.29) is 11.8 Å². The van der Waals surface area contributed by atoms with Crippen LogP contribution in [-0.2, 0) is 4.79 Å². The Morgan fingerprint density at radius 2 is 1.74 bits per heavy atom. The molecule has 3 heteroatoms. The SMILES string of the molecule is C[N+]1(c2ccccc2)C2CC(c3ccc(Br)cc3)C1C=CC2=O. The molecule has 0 aromatic heterocycles. The molecule has 2 nitrogen and oxygen atoms in total. The molecule has 0 aliphatic carbocycles. The van der Waals surface area contributed by atoms with Crippen LogP contribution in [0.25, 0.3) is 0 Å². The summed E-state index contributed by atoms with van der Waals surface area (Å²) in [6, 6.07) is 19.3. The van der Waals surface area contributed by atoms with Crippen LogP contribution in [0.15, 0.2) is 71.2 Å². The third kappa shape index (κ3) is 2.22. The lowest BCUT2D eigenvalue weighted by molar-refractivity contribution is -0.118. The van der Waals surface area contributed by atoms with Crippen LogP contribution >= 0.6 is 15.9 Å². The average molecular weight is 369 g/mol. The van der Waals surface area contributed by atoms with Gasteiger partial charge in [0.25, 0.3) is 0 Å². The normalized spacial score (nSPS) is 32.3. The molecule has 1 fully saturated rings. The molecule has 2 aromatic carbocycles. The number of para-hydroxylation sites is 1. The van der Waals surface area contributed by atoms with Crippen molar-refractivity contribution < 1.29 is 4.79 Å². The van der Waals surface area contributed by atoms with E-state index in [0.717, 1.165) is 10.9 Å². The minimum absolute atomic E-state index is 0.0149. The van der Waals surface area contributed by atoms with Gasteiger partial charge in [0.1, 0.15) is 11.7 Å². The molecule has 0 amide bonds. The Bertz CT molecular complexity index is 768. The van der Waals surface area contributed by atoms with Gasteiger partial charge in [-0.15, -0.1) is 0 Å². The zero-order chi connectivity index (χ0) is 16.0. The third-order valence-electron chi connectivity index (χ3n) is 5.55. The quantitative estimate of drug-likeness (QED) is 0.715. The van der Waals surface area contributed by atoms with Crippen molar-refractivity contribution in [2.45, 2.75) is 24.4 Å². The lowest BCUT2D eigenvalue weighted by atomic mass is 9.91. The Labute approximate surface area is 145 Å². The number of likely N-dealkylation sites (N-methyl/N-ethyl adjacent to an activating group) is 1. The van der Waals surface area contributed by atoms with Crippen molar-refractivity contribution in [2.75, 3.05) is 7.05 Å². The number of hydrogen-bond acceptors (Lipinski definition) is 1. The highest BCUT2D eigenvalue weighted by molar-refractivity contribution is 9.10. The predicted octanol–water partition coefficient (Wildman–Crippen LogP) is 4.45. The fourth-order valence-electron chi connectivity index (χ4n) is 4.32. The summed E-state index contributed by atoms with van der Waals surface area (Å²) in [5, 5.41) is 0. The number of hydrogen-bond donors (Lipinski definition) is 0. The van der Waals surface area contributed by atoms with Gasteiger partial charge in [0.05, 0.1) is 7.05 Å². The van der Waals surface area contributed by atoms with E-state index in [0.29, 0.717) is 16.4 Å². The minimum atomic E-state index is 0.0149. The van der Waals surface area contributed by atoms with Gasteiger partial charge in [-0.05, 0) is 42.0 Å². The van der Waals surface area contributed by atoms with E-state index in [1.165, 1.54) is 11.3 Å². The maximum absolute atomic E-state index is 12.6. The van der Waals surface area contributed by atoms with Crippen molar-refractivity contribution >= 4 is 27.4 Å². The van der Waals surface area contributed by atoms with Crippen molar-refractivity contribution in [3.05, 3.63) is 76.8 Å². The molecule has 2 bridgehead atoms. The molecule has 2 aromatic rings. The van der Waals surface area contributed by atoms with Crippen LogP contribution in [0.2, 0.25) is 0 Å². The summed E-state index contributed by atoms with van der Waals surface area (Å²) in [7, 11) is 2.21. The lowest BCUT2D eigenvalue weighted by Crippen LogP contribution is -2.59. The summed E-state index contributed by atoms with van der Waals surface area (Å²) in [4.78, 5) is 12.6.